The minimum Gasteiger partial charge on any atom is -0.385 e. The molecule has 1 aliphatic rings. The van der Waals surface area contributed by atoms with Crippen molar-refractivity contribution >= 4 is 27.5 Å². The predicted molar refractivity (Wildman–Crippen MR) is 90.1 cm³/mol. The number of thiophene rings is 1. The van der Waals surface area contributed by atoms with E-state index in [-0.39, 0.29) is 16.9 Å². The first-order chi connectivity index (χ1) is 10.9. The van der Waals surface area contributed by atoms with Gasteiger partial charge >= 0.3 is 0 Å². The Morgan fingerprint density at radius 3 is 2.83 bits per heavy atom. The zero-order valence-corrected chi connectivity index (χ0v) is 14.7. The quantitative estimate of drug-likeness (QED) is 0.855. The van der Waals surface area contributed by atoms with Crippen LogP contribution in [0.3, 0.4) is 0 Å². The molecule has 0 unspecified atom stereocenters. The first-order valence-electron chi connectivity index (χ1n) is 7.59. The molecule has 124 valence electrons. The van der Waals surface area contributed by atoms with Gasteiger partial charge in [-0.25, -0.2) is 4.98 Å². The summed E-state index contributed by atoms with van der Waals surface area (Å²) in [5.74, 6) is 0.00226. The number of hydrogen-bond acceptors (Lipinski definition) is 5. The average molecular weight is 335 g/mol. The smallest absolute Gasteiger partial charge is 0.264 e. The fraction of sp³-hybridized carbons (Fsp3) is 0.562. The van der Waals surface area contributed by atoms with Crippen LogP contribution in [0.2, 0.25) is 0 Å². The molecule has 0 radical (unpaired) electrons. The van der Waals surface area contributed by atoms with Gasteiger partial charge in [0.05, 0.1) is 16.6 Å². The van der Waals surface area contributed by atoms with Gasteiger partial charge in [-0.15, -0.1) is 11.3 Å². The molecular weight excluding hydrogens is 314 g/mol. The van der Waals surface area contributed by atoms with Gasteiger partial charge in [0.25, 0.3) is 11.5 Å². The van der Waals surface area contributed by atoms with Gasteiger partial charge in [0.15, 0.2) is 0 Å². The summed E-state index contributed by atoms with van der Waals surface area (Å²) in [6.45, 7) is 6.17. The lowest BCUT2D eigenvalue weighted by Gasteiger charge is -2.48. The SMILES string of the molecule is COCCC1(C)CN(C(=O)c2sc3ncn(C)c(=O)c3c2C)C1. The van der Waals surface area contributed by atoms with Crippen molar-refractivity contribution in [1.82, 2.24) is 14.5 Å². The van der Waals surface area contributed by atoms with Crippen LogP contribution in [-0.2, 0) is 11.8 Å². The molecule has 0 aliphatic carbocycles. The van der Waals surface area contributed by atoms with Crippen molar-refractivity contribution in [3.63, 3.8) is 0 Å². The highest BCUT2D eigenvalue weighted by atomic mass is 32.1. The third kappa shape index (κ3) is 2.68. The van der Waals surface area contributed by atoms with E-state index in [4.69, 9.17) is 4.74 Å². The fourth-order valence-corrected chi connectivity index (χ4v) is 4.19. The van der Waals surface area contributed by atoms with E-state index >= 15 is 0 Å². The number of carbonyl (C=O) groups excluding carboxylic acids is 1. The molecule has 1 fully saturated rings. The van der Waals surface area contributed by atoms with E-state index < -0.39 is 0 Å². The lowest BCUT2D eigenvalue weighted by atomic mass is 9.79. The Morgan fingerprint density at radius 2 is 2.17 bits per heavy atom. The Kier molecular flexibility index (Phi) is 4.01. The molecule has 2 aromatic heterocycles. The van der Waals surface area contributed by atoms with Crippen molar-refractivity contribution in [2.24, 2.45) is 12.5 Å². The van der Waals surface area contributed by atoms with E-state index in [0.29, 0.717) is 21.7 Å². The molecule has 0 aromatic carbocycles. The van der Waals surface area contributed by atoms with Crippen molar-refractivity contribution in [1.29, 1.82) is 0 Å². The highest BCUT2D eigenvalue weighted by molar-refractivity contribution is 7.20. The van der Waals surface area contributed by atoms with Crippen LogP contribution in [0.15, 0.2) is 11.1 Å². The summed E-state index contributed by atoms with van der Waals surface area (Å²) in [6, 6.07) is 0. The van der Waals surface area contributed by atoms with Crippen LogP contribution in [0.25, 0.3) is 10.2 Å². The van der Waals surface area contributed by atoms with Crippen molar-refractivity contribution in [3.05, 3.63) is 27.1 Å². The number of hydrogen-bond donors (Lipinski definition) is 0. The Balaban J connectivity index is 1.85. The van der Waals surface area contributed by atoms with Crippen molar-refractivity contribution < 1.29 is 9.53 Å². The highest BCUT2D eigenvalue weighted by Gasteiger charge is 2.41. The second-order valence-corrected chi connectivity index (χ2v) is 7.61. The van der Waals surface area contributed by atoms with Crippen molar-refractivity contribution in [2.45, 2.75) is 20.3 Å². The summed E-state index contributed by atoms with van der Waals surface area (Å²) in [4.78, 5) is 32.4. The third-order valence-electron chi connectivity index (χ3n) is 4.55. The summed E-state index contributed by atoms with van der Waals surface area (Å²) < 4.78 is 6.58. The van der Waals surface area contributed by atoms with Gasteiger partial charge in [0.1, 0.15) is 4.83 Å². The summed E-state index contributed by atoms with van der Waals surface area (Å²) >= 11 is 1.31. The van der Waals surface area contributed by atoms with Crippen LogP contribution in [0.1, 0.15) is 28.6 Å². The fourth-order valence-electron chi connectivity index (χ4n) is 3.08. The number of amides is 1. The maximum atomic E-state index is 12.7. The van der Waals surface area contributed by atoms with Crippen LogP contribution >= 0.6 is 11.3 Å². The molecular formula is C16H21N3O3S. The third-order valence-corrected chi connectivity index (χ3v) is 5.73. The van der Waals surface area contributed by atoms with Gasteiger partial charge in [0, 0.05) is 39.3 Å². The van der Waals surface area contributed by atoms with E-state index in [1.54, 1.807) is 14.2 Å². The maximum Gasteiger partial charge on any atom is 0.264 e. The molecule has 3 heterocycles. The minimum absolute atomic E-state index is 0.00226. The topological polar surface area (TPSA) is 64.4 Å². The number of likely N-dealkylation sites (tertiary alicyclic amines) is 1. The van der Waals surface area contributed by atoms with Gasteiger partial charge < -0.3 is 14.2 Å². The zero-order chi connectivity index (χ0) is 16.8. The molecule has 23 heavy (non-hydrogen) atoms. The van der Waals surface area contributed by atoms with E-state index in [1.165, 1.54) is 22.2 Å². The molecule has 6 nitrogen and oxygen atoms in total. The first-order valence-corrected chi connectivity index (χ1v) is 8.41. The second-order valence-electron chi connectivity index (χ2n) is 6.61. The summed E-state index contributed by atoms with van der Waals surface area (Å²) in [6.07, 6.45) is 2.45. The summed E-state index contributed by atoms with van der Waals surface area (Å²) in [5, 5.41) is 0.561. The molecule has 3 rings (SSSR count). The maximum absolute atomic E-state index is 12.7. The van der Waals surface area contributed by atoms with Crippen LogP contribution < -0.4 is 5.56 Å². The molecule has 1 aliphatic heterocycles. The van der Waals surface area contributed by atoms with E-state index in [1.807, 2.05) is 11.8 Å². The van der Waals surface area contributed by atoms with Crippen LogP contribution in [0.5, 0.6) is 0 Å². The Hall–Kier alpha value is -1.73. The molecule has 0 atom stereocenters. The molecule has 0 saturated carbocycles. The minimum atomic E-state index is -0.101. The average Bonchev–Trinajstić information content (AvgIpc) is 2.83. The number of aromatic nitrogens is 2. The Morgan fingerprint density at radius 1 is 1.48 bits per heavy atom. The van der Waals surface area contributed by atoms with E-state index in [0.717, 1.165) is 25.1 Å². The van der Waals surface area contributed by atoms with Crippen molar-refractivity contribution in [2.75, 3.05) is 26.8 Å². The summed E-state index contributed by atoms with van der Waals surface area (Å²) in [7, 11) is 3.36. The number of methoxy groups -OCH3 is 1. The van der Waals surface area contributed by atoms with Gasteiger partial charge in [0.2, 0.25) is 0 Å². The highest BCUT2D eigenvalue weighted by Crippen LogP contribution is 2.36. The molecule has 1 saturated heterocycles. The van der Waals surface area contributed by atoms with Crippen molar-refractivity contribution in [3.8, 4) is 0 Å². The second kappa shape index (κ2) is 5.72. The monoisotopic (exact) mass is 335 g/mol. The molecule has 1 amide bonds. The Bertz CT molecular complexity index is 818. The van der Waals surface area contributed by atoms with Gasteiger partial charge in [-0.05, 0) is 18.9 Å². The molecule has 2 aromatic rings. The number of carbonyl (C=O) groups is 1. The predicted octanol–water partition coefficient (Wildman–Crippen LogP) is 1.80. The zero-order valence-electron chi connectivity index (χ0n) is 13.9. The molecule has 7 heteroatoms. The van der Waals surface area contributed by atoms with Crippen LogP contribution in [0, 0.1) is 12.3 Å². The van der Waals surface area contributed by atoms with Gasteiger partial charge in [-0.2, -0.15) is 0 Å². The number of rotatable bonds is 4. The Labute approximate surface area is 138 Å². The number of nitrogens with zero attached hydrogens (tertiary/aromatic N) is 3. The largest absolute Gasteiger partial charge is 0.385 e. The normalized spacial score (nSPS) is 16.6. The lowest BCUT2D eigenvalue weighted by molar-refractivity contribution is -0.000621. The van der Waals surface area contributed by atoms with Gasteiger partial charge in [-0.1, -0.05) is 6.92 Å². The number of ether oxygens (including phenoxy) is 1. The van der Waals surface area contributed by atoms with Crippen LogP contribution in [-0.4, -0.2) is 47.2 Å². The standard InChI is InChI=1S/C16H21N3O3S/c1-10-11-13(17-9-18(3)14(11)20)23-12(10)15(21)19-7-16(2,8-19)5-6-22-4/h9H,5-8H2,1-4H3. The lowest BCUT2D eigenvalue weighted by Crippen LogP contribution is -2.57. The molecule has 0 N–H and O–H groups in total. The number of fused-ring (bicyclic) bond motifs is 1. The summed E-state index contributed by atoms with van der Waals surface area (Å²) in [5.41, 5.74) is 0.774. The van der Waals surface area contributed by atoms with Gasteiger partial charge in [-0.3, -0.25) is 9.59 Å². The molecule has 0 bridgehead atoms. The van der Waals surface area contributed by atoms with Crippen LogP contribution in [0.4, 0.5) is 0 Å². The van der Waals surface area contributed by atoms with E-state index in [2.05, 4.69) is 11.9 Å². The first kappa shape index (κ1) is 16.1. The van der Waals surface area contributed by atoms with E-state index in [9.17, 15) is 9.59 Å². The molecule has 0 spiro atoms. The number of aryl methyl sites for hydroxylation is 2.